The summed E-state index contributed by atoms with van der Waals surface area (Å²) < 4.78 is 33.3. The average molecular weight is 617 g/mol. The van der Waals surface area contributed by atoms with Crippen molar-refractivity contribution in [3.63, 3.8) is 0 Å². The van der Waals surface area contributed by atoms with Gasteiger partial charge < -0.3 is 15.0 Å². The number of halogens is 1. The Hall–Kier alpha value is -3.37. The monoisotopic (exact) mass is 615 g/mol. The van der Waals surface area contributed by atoms with Crippen LogP contribution in [-0.2, 0) is 26.2 Å². The number of nitrogens with zero attached hydrogens (tertiary/aromatic N) is 2. The Bertz CT molecular complexity index is 1370. The van der Waals surface area contributed by atoms with Crippen LogP contribution in [0.2, 0.25) is 0 Å². The maximum Gasteiger partial charge on any atom is 0.244 e. The Morgan fingerprint density at radius 1 is 0.949 bits per heavy atom. The molecule has 0 heterocycles. The molecule has 0 aliphatic carbocycles. The summed E-state index contributed by atoms with van der Waals surface area (Å²) in [5.41, 5.74) is 1.11. The number of rotatable bonds is 12. The van der Waals surface area contributed by atoms with Gasteiger partial charge in [0.05, 0.1) is 11.9 Å². The Kier molecular flexibility index (Phi) is 10.5. The highest BCUT2D eigenvalue weighted by atomic mass is 79.9. The molecule has 1 N–H and O–H groups in total. The Morgan fingerprint density at radius 3 is 2.18 bits per heavy atom. The largest absolute Gasteiger partial charge is 0.457 e. The molecule has 3 aromatic rings. The smallest absolute Gasteiger partial charge is 0.244 e. The number of carbonyl (C=O) groups excluding carboxylic acids is 2. The lowest BCUT2D eigenvalue weighted by Crippen LogP contribution is -2.52. The molecule has 0 aromatic heterocycles. The van der Waals surface area contributed by atoms with Crippen molar-refractivity contribution < 1.29 is 22.7 Å². The maximum absolute atomic E-state index is 13.7. The first kappa shape index (κ1) is 30.2. The zero-order valence-electron chi connectivity index (χ0n) is 22.5. The highest BCUT2D eigenvalue weighted by Gasteiger charge is 2.30. The van der Waals surface area contributed by atoms with Crippen LogP contribution in [0.1, 0.15) is 32.8 Å². The number of nitrogens with one attached hydrogen (secondary N) is 1. The van der Waals surface area contributed by atoms with Crippen molar-refractivity contribution in [1.29, 1.82) is 0 Å². The topological polar surface area (TPSA) is 96.0 Å². The highest BCUT2D eigenvalue weighted by Crippen LogP contribution is 2.26. The first-order valence-electron chi connectivity index (χ1n) is 12.6. The van der Waals surface area contributed by atoms with Gasteiger partial charge in [0.15, 0.2) is 0 Å². The molecule has 0 radical (unpaired) electrons. The maximum atomic E-state index is 13.7. The lowest BCUT2D eigenvalue weighted by molar-refractivity contribution is -0.139. The molecule has 0 saturated heterocycles. The van der Waals surface area contributed by atoms with Crippen molar-refractivity contribution in [1.82, 2.24) is 10.2 Å². The first-order valence-corrected chi connectivity index (χ1v) is 15.3. The second-order valence-corrected chi connectivity index (χ2v) is 12.1. The fourth-order valence-electron chi connectivity index (χ4n) is 3.80. The summed E-state index contributed by atoms with van der Waals surface area (Å²) in [7, 11) is -3.83. The molecule has 3 aromatic carbocycles. The fraction of sp³-hybridized carbons (Fsp3) is 0.310. The Morgan fingerprint density at radius 2 is 1.59 bits per heavy atom. The van der Waals surface area contributed by atoms with E-state index >= 15 is 0 Å². The summed E-state index contributed by atoms with van der Waals surface area (Å²) >= 11 is 3.44. The quantitative estimate of drug-likeness (QED) is 0.297. The molecule has 0 unspecified atom stereocenters. The Labute approximate surface area is 239 Å². The summed E-state index contributed by atoms with van der Waals surface area (Å²) in [5.74, 6) is 0.363. The lowest BCUT2D eigenvalue weighted by atomic mass is 10.1. The van der Waals surface area contributed by atoms with Gasteiger partial charge in [0.25, 0.3) is 0 Å². The van der Waals surface area contributed by atoms with E-state index in [4.69, 9.17) is 4.74 Å². The minimum atomic E-state index is -3.83. The molecule has 0 fully saturated rings. The molecule has 0 spiro atoms. The van der Waals surface area contributed by atoms with Gasteiger partial charge in [0, 0.05) is 17.1 Å². The molecular formula is C29H34BrN3O5S. The van der Waals surface area contributed by atoms with Crippen molar-refractivity contribution in [3.8, 4) is 11.5 Å². The van der Waals surface area contributed by atoms with Crippen LogP contribution in [0.3, 0.4) is 0 Å². The van der Waals surface area contributed by atoms with Gasteiger partial charge in [-0.05, 0) is 74.4 Å². The molecule has 0 aliphatic rings. The van der Waals surface area contributed by atoms with Crippen molar-refractivity contribution >= 4 is 43.5 Å². The van der Waals surface area contributed by atoms with Crippen molar-refractivity contribution in [3.05, 3.63) is 88.9 Å². The fourth-order valence-corrected chi connectivity index (χ4v) is 5.10. The van der Waals surface area contributed by atoms with E-state index in [0.717, 1.165) is 27.0 Å². The number of hydrogen-bond acceptors (Lipinski definition) is 5. The third-order valence-corrected chi connectivity index (χ3v) is 7.83. The van der Waals surface area contributed by atoms with E-state index in [2.05, 4.69) is 21.2 Å². The van der Waals surface area contributed by atoms with Crippen molar-refractivity contribution in [2.45, 2.75) is 45.8 Å². The first-order chi connectivity index (χ1) is 18.5. The van der Waals surface area contributed by atoms with Crippen LogP contribution >= 0.6 is 15.9 Å². The minimum Gasteiger partial charge on any atom is -0.457 e. The van der Waals surface area contributed by atoms with E-state index in [1.165, 1.54) is 4.90 Å². The summed E-state index contributed by atoms with van der Waals surface area (Å²) in [6, 6.07) is 22.2. The summed E-state index contributed by atoms with van der Waals surface area (Å²) in [6.45, 7) is 5.16. The molecule has 0 bridgehead atoms. The average Bonchev–Trinajstić information content (AvgIpc) is 2.90. The SMILES string of the molecule is CC[C@H](C)NC(=O)[C@@H](C)N(Cc1cccc(Br)c1)C(=O)CN(c1ccc(Oc2ccccc2)cc1)S(C)(=O)=O. The van der Waals surface area contributed by atoms with Crippen LogP contribution in [0.5, 0.6) is 11.5 Å². The van der Waals surface area contributed by atoms with Gasteiger partial charge in [-0.2, -0.15) is 0 Å². The number of benzene rings is 3. The molecule has 2 amide bonds. The molecule has 0 saturated carbocycles. The highest BCUT2D eigenvalue weighted by molar-refractivity contribution is 9.10. The van der Waals surface area contributed by atoms with Crippen LogP contribution in [0.15, 0.2) is 83.3 Å². The van der Waals surface area contributed by atoms with Crippen molar-refractivity contribution in [2.75, 3.05) is 17.1 Å². The van der Waals surface area contributed by atoms with Crippen LogP contribution in [0.4, 0.5) is 5.69 Å². The molecular weight excluding hydrogens is 582 g/mol. The third kappa shape index (κ3) is 8.83. The van der Waals surface area contributed by atoms with Crippen LogP contribution < -0.4 is 14.4 Å². The second-order valence-electron chi connectivity index (χ2n) is 9.32. The standard InChI is InChI=1S/C29H34BrN3O5S/c1-5-21(2)31-29(35)22(3)32(19-23-10-9-11-24(30)18-23)28(34)20-33(39(4,36)37)25-14-16-27(17-15-25)38-26-12-7-6-8-13-26/h6-18,21-22H,5,19-20H2,1-4H3,(H,31,35)/t21-,22+/m0/s1. The third-order valence-electron chi connectivity index (χ3n) is 6.19. The summed E-state index contributed by atoms with van der Waals surface area (Å²) in [6.07, 6.45) is 1.79. The van der Waals surface area contributed by atoms with Gasteiger partial charge >= 0.3 is 0 Å². The van der Waals surface area contributed by atoms with E-state index in [0.29, 0.717) is 17.2 Å². The predicted molar refractivity (Wildman–Crippen MR) is 157 cm³/mol. The zero-order chi connectivity index (χ0) is 28.6. The number of ether oxygens (including phenoxy) is 1. The summed E-state index contributed by atoms with van der Waals surface area (Å²) in [5, 5.41) is 2.92. The van der Waals surface area contributed by atoms with Gasteiger partial charge in [0.1, 0.15) is 24.1 Å². The van der Waals surface area contributed by atoms with Crippen LogP contribution in [-0.4, -0.2) is 50.0 Å². The van der Waals surface area contributed by atoms with E-state index < -0.39 is 28.5 Å². The molecule has 3 rings (SSSR count). The number of anilines is 1. The van der Waals surface area contributed by atoms with Crippen LogP contribution in [0.25, 0.3) is 0 Å². The molecule has 2 atom stereocenters. The minimum absolute atomic E-state index is 0.0630. The molecule has 10 heteroatoms. The van der Waals surface area contributed by atoms with E-state index in [1.807, 2.05) is 68.4 Å². The normalized spacial score (nSPS) is 12.7. The van der Waals surface area contributed by atoms with Gasteiger partial charge in [-0.1, -0.05) is 53.2 Å². The van der Waals surface area contributed by atoms with E-state index in [-0.39, 0.29) is 18.5 Å². The molecule has 8 nitrogen and oxygen atoms in total. The van der Waals surface area contributed by atoms with E-state index in [9.17, 15) is 18.0 Å². The van der Waals surface area contributed by atoms with Gasteiger partial charge in [-0.15, -0.1) is 0 Å². The van der Waals surface area contributed by atoms with Crippen LogP contribution in [0, 0.1) is 0 Å². The number of sulfonamides is 1. The number of hydrogen-bond donors (Lipinski definition) is 1. The number of carbonyl (C=O) groups is 2. The van der Waals surface area contributed by atoms with Gasteiger partial charge in [-0.3, -0.25) is 13.9 Å². The second kappa shape index (κ2) is 13.6. The Balaban J connectivity index is 1.86. The van der Waals surface area contributed by atoms with Gasteiger partial charge in [0.2, 0.25) is 21.8 Å². The lowest BCUT2D eigenvalue weighted by Gasteiger charge is -2.32. The summed E-state index contributed by atoms with van der Waals surface area (Å²) in [4.78, 5) is 28.1. The number of amides is 2. The zero-order valence-corrected chi connectivity index (χ0v) is 24.9. The predicted octanol–water partition coefficient (Wildman–Crippen LogP) is 5.34. The van der Waals surface area contributed by atoms with Gasteiger partial charge in [-0.25, -0.2) is 8.42 Å². The number of para-hydroxylation sites is 1. The van der Waals surface area contributed by atoms with E-state index in [1.54, 1.807) is 31.2 Å². The van der Waals surface area contributed by atoms with Crippen molar-refractivity contribution in [2.24, 2.45) is 0 Å². The molecule has 0 aliphatic heterocycles. The molecule has 208 valence electrons. The molecule has 39 heavy (non-hydrogen) atoms.